The molecule has 1 atom stereocenters. The molecule has 0 radical (unpaired) electrons. The molecule has 1 aliphatic rings. The van der Waals surface area contributed by atoms with Crippen molar-refractivity contribution in [3.63, 3.8) is 0 Å². The highest BCUT2D eigenvalue weighted by Crippen LogP contribution is 2.30. The SMILES string of the molecule is C[C@@H](O)c1cc([N+](=O)[O-])ccc1OCOCC1CC1. The summed E-state index contributed by atoms with van der Waals surface area (Å²) < 4.78 is 10.7. The van der Waals surface area contributed by atoms with Crippen LogP contribution in [0.4, 0.5) is 5.69 Å². The molecule has 0 spiro atoms. The van der Waals surface area contributed by atoms with Gasteiger partial charge in [-0.15, -0.1) is 0 Å². The molecule has 0 aliphatic heterocycles. The predicted octanol–water partition coefficient (Wildman–Crippen LogP) is 2.41. The summed E-state index contributed by atoms with van der Waals surface area (Å²) in [7, 11) is 0. The molecular formula is C13H17NO5. The fourth-order valence-electron chi connectivity index (χ4n) is 1.71. The van der Waals surface area contributed by atoms with Gasteiger partial charge in [-0.25, -0.2) is 0 Å². The number of ether oxygens (including phenoxy) is 2. The monoisotopic (exact) mass is 267 g/mol. The fraction of sp³-hybridized carbons (Fsp3) is 0.538. The molecule has 6 heteroatoms. The maximum absolute atomic E-state index is 10.7. The third kappa shape index (κ3) is 3.90. The quantitative estimate of drug-likeness (QED) is 0.355. The Kier molecular flexibility index (Phi) is 4.34. The lowest BCUT2D eigenvalue weighted by atomic mass is 10.1. The third-order valence-electron chi connectivity index (χ3n) is 3.00. The smallest absolute Gasteiger partial charge is 0.270 e. The first-order chi connectivity index (χ1) is 9.08. The highest BCUT2D eigenvalue weighted by Gasteiger charge is 2.21. The van der Waals surface area contributed by atoms with E-state index in [9.17, 15) is 15.2 Å². The number of benzene rings is 1. The van der Waals surface area contributed by atoms with E-state index in [1.807, 2.05) is 0 Å². The van der Waals surface area contributed by atoms with E-state index >= 15 is 0 Å². The number of aliphatic hydroxyl groups excluding tert-OH is 1. The van der Waals surface area contributed by atoms with Crippen molar-refractivity contribution >= 4 is 5.69 Å². The van der Waals surface area contributed by atoms with Crippen LogP contribution in [0.2, 0.25) is 0 Å². The molecule has 1 saturated carbocycles. The maximum atomic E-state index is 10.7. The van der Waals surface area contributed by atoms with Crippen LogP contribution in [0.5, 0.6) is 5.75 Å². The second-order valence-corrected chi connectivity index (χ2v) is 4.73. The minimum Gasteiger partial charge on any atom is -0.467 e. The Morgan fingerprint density at radius 1 is 1.53 bits per heavy atom. The van der Waals surface area contributed by atoms with Crippen molar-refractivity contribution in [3.8, 4) is 5.75 Å². The van der Waals surface area contributed by atoms with Crippen molar-refractivity contribution in [1.82, 2.24) is 0 Å². The molecule has 0 aromatic heterocycles. The first kappa shape index (κ1) is 13.8. The van der Waals surface area contributed by atoms with E-state index in [2.05, 4.69) is 0 Å². The molecule has 1 aromatic rings. The van der Waals surface area contributed by atoms with Crippen molar-refractivity contribution in [2.75, 3.05) is 13.4 Å². The van der Waals surface area contributed by atoms with Crippen LogP contribution >= 0.6 is 0 Å². The Hall–Kier alpha value is -1.66. The molecule has 0 unspecified atom stereocenters. The summed E-state index contributed by atoms with van der Waals surface area (Å²) >= 11 is 0. The fourth-order valence-corrected chi connectivity index (χ4v) is 1.71. The van der Waals surface area contributed by atoms with Gasteiger partial charge >= 0.3 is 0 Å². The average molecular weight is 267 g/mol. The molecule has 1 aliphatic carbocycles. The Balaban J connectivity index is 1.98. The summed E-state index contributed by atoms with van der Waals surface area (Å²) in [6.45, 7) is 2.31. The first-order valence-electron chi connectivity index (χ1n) is 6.25. The largest absolute Gasteiger partial charge is 0.467 e. The van der Waals surface area contributed by atoms with Gasteiger partial charge in [-0.3, -0.25) is 10.1 Å². The molecule has 1 fully saturated rings. The summed E-state index contributed by atoms with van der Waals surface area (Å²) in [5.41, 5.74) is 0.325. The van der Waals surface area contributed by atoms with Gasteiger partial charge in [0.05, 0.1) is 17.6 Å². The van der Waals surface area contributed by atoms with Crippen molar-refractivity contribution in [2.45, 2.75) is 25.9 Å². The van der Waals surface area contributed by atoms with E-state index in [1.165, 1.54) is 38.0 Å². The molecule has 104 valence electrons. The normalized spacial score (nSPS) is 16.1. The van der Waals surface area contributed by atoms with Crippen LogP contribution in [0.15, 0.2) is 18.2 Å². The van der Waals surface area contributed by atoms with Crippen LogP contribution in [0.1, 0.15) is 31.4 Å². The maximum Gasteiger partial charge on any atom is 0.270 e. The number of nitro groups is 1. The topological polar surface area (TPSA) is 81.8 Å². The van der Waals surface area contributed by atoms with Gasteiger partial charge in [-0.05, 0) is 31.7 Å². The number of nitrogens with zero attached hydrogens (tertiary/aromatic N) is 1. The van der Waals surface area contributed by atoms with Gasteiger partial charge in [-0.2, -0.15) is 0 Å². The third-order valence-corrected chi connectivity index (χ3v) is 3.00. The summed E-state index contributed by atoms with van der Waals surface area (Å²) in [4.78, 5) is 10.2. The molecular weight excluding hydrogens is 250 g/mol. The minimum absolute atomic E-state index is 0.0675. The highest BCUT2D eigenvalue weighted by atomic mass is 16.7. The number of rotatable bonds is 7. The molecule has 0 amide bonds. The highest BCUT2D eigenvalue weighted by molar-refractivity contribution is 5.44. The van der Waals surface area contributed by atoms with Gasteiger partial charge < -0.3 is 14.6 Å². The molecule has 0 heterocycles. The van der Waals surface area contributed by atoms with E-state index in [0.717, 1.165) is 0 Å². The molecule has 2 rings (SSSR count). The summed E-state index contributed by atoms with van der Waals surface area (Å²) in [6.07, 6.45) is 1.57. The Morgan fingerprint density at radius 3 is 2.84 bits per heavy atom. The van der Waals surface area contributed by atoms with E-state index in [1.54, 1.807) is 0 Å². The lowest BCUT2D eigenvalue weighted by Gasteiger charge is -2.13. The number of non-ortho nitro benzene ring substituents is 1. The van der Waals surface area contributed by atoms with Crippen molar-refractivity contribution in [2.24, 2.45) is 5.92 Å². The van der Waals surface area contributed by atoms with Gasteiger partial charge in [0, 0.05) is 17.7 Å². The summed E-state index contributed by atoms with van der Waals surface area (Å²) in [5, 5.41) is 20.3. The lowest BCUT2D eigenvalue weighted by molar-refractivity contribution is -0.385. The summed E-state index contributed by atoms with van der Waals surface area (Å²) in [5.74, 6) is 1.06. The van der Waals surface area contributed by atoms with Crippen molar-refractivity contribution < 1.29 is 19.5 Å². The van der Waals surface area contributed by atoms with Crippen molar-refractivity contribution in [1.29, 1.82) is 0 Å². The number of nitro benzene ring substituents is 1. The zero-order valence-corrected chi connectivity index (χ0v) is 10.7. The zero-order chi connectivity index (χ0) is 13.8. The zero-order valence-electron chi connectivity index (χ0n) is 10.7. The van der Waals surface area contributed by atoms with Crippen LogP contribution < -0.4 is 4.74 Å². The summed E-state index contributed by atoms with van der Waals surface area (Å²) in [6, 6.07) is 4.16. The molecule has 6 nitrogen and oxygen atoms in total. The number of aliphatic hydroxyl groups is 1. The molecule has 0 bridgehead atoms. The molecule has 0 saturated heterocycles. The minimum atomic E-state index is -0.835. The van der Waals surface area contributed by atoms with Gasteiger partial charge in [0.2, 0.25) is 0 Å². The van der Waals surface area contributed by atoms with E-state index < -0.39 is 11.0 Å². The Morgan fingerprint density at radius 2 is 2.26 bits per heavy atom. The predicted molar refractivity (Wildman–Crippen MR) is 67.9 cm³/mol. The standard InChI is InChI=1S/C13H17NO5/c1-9(15)12-6-11(14(16)17)4-5-13(12)19-8-18-7-10-2-3-10/h4-6,9-10,15H,2-3,7-8H2,1H3/t9-/m1/s1. The Bertz CT molecular complexity index is 456. The second kappa shape index (κ2) is 5.99. The molecule has 1 aromatic carbocycles. The van der Waals surface area contributed by atoms with E-state index in [4.69, 9.17) is 9.47 Å². The number of hydrogen-bond donors (Lipinski definition) is 1. The van der Waals surface area contributed by atoms with Gasteiger partial charge in [-0.1, -0.05) is 0 Å². The van der Waals surface area contributed by atoms with Gasteiger partial charge in [0.1, 0.15) is 5.75 Å². The van der Waals surface area contributed by atoms with E-state index in [0.29, 0.717) is 23.8 Å². The Labute approximate surface area is 111 Å². The van der Waals surface area contributed by atoms with E-state index in [-0.39, 0.29) is 12.5 Å². The van der Waals surface area contributed by atoms with Gasteiger partial charge in [0.25, 0.3) is 5.69 Å². The molecule has 19 heavy (non-hydrogen) atoms. The van der Waals surface area contributed by atoms with Crippen molar-refractivity contribution in [3.05, 3.63) is 33.9 Å². The second-order valence-electron chi connectivity index (χ2n) is 4.73. The van der Waals surface area contributed by atoms with Crippen LogP contribution in [-0.4, -0.2) is 23.4 Å². The molecule has 1 N–H and O–H groups in total. The lowest BCUT2D eigenvalue weighted by Crippen LogP contribution is -2.07. The first-order valence-corrected chi connectivity index (χ1v) is 6.25. The van der Waals surface area contributed by atoms with Gasteiger partial charge in [0.15, 0.2) is 6.79 Å². The van der Waals surface area contributed by atoms with Crippen LogP contribution in [0, 0.1) is 16.0 Å². The van der Waals surface area contributed by atoms with Crippen LogP contribution in [0.25, 0.3) is 0 Å². The van der Waals surface area contributed by atoms with Crippen LogP contribution in [0.3, 0.4) is 0 Å². The average Bonchev–Trinajstić information content (AvgIpc) is 3.18. The number of hydrogen-bond acceptors (Lipinski definition) is 5. The van der Waals surface area contributed by atoms with Crippen LogP contribution in [-0.2, 0) is 4.74 Å².